The summed E-state index contributed by atoms with van der Waals surface area (Å²) in [6.45, 7) is 0. The van der Waals surface area contributed by atoms with Crippen molar-refractivity contribution in [2.45, 2.75) is 0 Å². The van der Waals surface area contributed by atoms with E-state index in [1.54, 1.807) is 24.9 Å². The normalized spacial score (nSPS) is 11.9. The molecule has 0 unspecified atom stereocenters. The molecule has 0 aliphatic carbocycles. The monoisotopic (exact) mass is 786 g/mol. The molecule has 13 aromatic rings. The van der Waals surface area contributed by atoms with Crippen LogP contribution in [-0.2, 0) is 0 Å². The number of hydrogen-bond donors (Lipinski definition) is 0. The number of hydrogen-bond acceptors (Lipinski definition) is 9. The molecule has 0 saturated carbocycles. The van der Waals surface area contributed by atoms with Crippen molar-refractivity contribution in [1.82, 2.24) is 19.9 Å². The second-order valence-corrected chi connectivity index (χ2v) is 15.2. The predicted molar refractivity (Wildman–Crippen MR) is 244 cm³/mol. The van der Waals surface area contributed by atoms with Crippen LogP contribution in [0.25, 0.3) is 87.6 Å². The van der Waals surface area contributed by atoms with Gasteiger partial charge >= 0.3 is 0 Å². The average molecular weight is 787 g/mol. The summed E-state index contributed by atoms with van der Waals surface area (Å²) in [5.41, 5.74) is 11.5. The first-order chi connectivity index (χ1) is 30.2. The van der Waals surface area contributed by atoms with E-state index in [4.69, 9.17) is 18.2 Å². The van der Waals surface area contributed by atoms with E-state index in [0.29, 0.717) is 11.2 Å². The second-order valence-electron chi connectivity index (χ2n) is 15.2. The summed E-state index contributed by atoms with van der Waals surface area (Å²) < 4.78 is 19.3. The van der Waals surface area contributed by atoms with Gasteiger partial charge in [-0.15, -0.1) is 0 Å². The number of pyridine rings is 2. The Bertz CT molecular complexity index is 3640. The molecule has 286 valence electrons. The van der Waals surface area contributed by atoms with Crippen molar-refractivity contribution in [3.63, 3.8) is 0 Å². The van der Waals surface area contributed by atoms with Crippen LogP contribution in [0.4, 0.5) is 34.1 Å². The fraction of sp³-hybridized carbons (Fsp3) is 0. The van der Waals surface area contributed by atoms with Crippen molar-refractivity contribution in [1.29, 1.82) is 0 Å². The Labute approximate surface area is 346 Å². The molecule has 9 heteroatoms. The molecule has 0 N–H and O–H groups in total. The van der Waals surface area contributed by atoms with E-state index < -0.39 is 0 Å². The van der Waals surface area contributed by atoms with Crippen LogP contribution in [0.1, 0.15) is 0 Å². The number of aromatic nitrogens is 4. The van der Waals surface area contributed by atoms with Crippen LogP contribution in [0.3, 0.4) is 0 Å². The minimum absolute atomic E-state index is 0.647. The highest BCUT2D eigenvalue weighted by molar-refractivity contribution is 6.08. The van der Waals surface area contributed by atoms with Gasteiger partial charge in [-0.3, -0.25) is 4.98 Å². The molecule has 0 amide bonds. The lowest BCUT2D eigenvalue weighted by atomic mass is 10.1. The highest BCUT2D eigenvalue weighted by Crippen LogP contribution is 2.44. The molecular weight excluding hydrogens is 757 g/mol. The lowest BCUT2D eigenvalue weighted by Gasteiger charge is -2.25. The highest BCUT2D eigenvalue weighted by atomic mass is 16.3. The third-order valence-electron chi connectivity index (χ3n) is 11.7. The fourth-order valence-corrected chi connectivity index (χ4v) is 8.81. The molecule has 0 aliphatic rings. The molecule has 0 spiro atoms. The van der Waals surface area contributed by atoms with Crippen molar-refractivity contribution in [3.05, 3.63) is 183 Å². The zero-order chi connectivity index (χ0) is 40.0. The summed E-state index contributed by atoms with van der Waals surface area (Å²) >= 11 is 0. The van der Waals surface area contributed by atoms with Crippen LogP contribution >= 0.6 is 0 Å². The first-order valence-corrected chi connectivity index (χ1v) is 20.0. The summed E-state index contributed by atoms with van der Waals surface area (Å²) in [7, 11) is 0. The standard InChI is InChI=1S/C52H30N6O3/c1-3-7-33-21-35(11-9-31(33)5-1)57(38-15-18-44-47(25-38)61-50-29-54-30-56-52(44)50)37-14-17-43-46(24-37)59-48-26-40(27-55-51(43)48)58(36-12-10-32-6-2-4-8-34(32)22-36)39-13-16-41-42-19-20-53-28-49(42)60-45(41)23-39/h1-30H. The van der Waals surface area contributed by atoms with Crippen LogP contribution in [0.5, 0.6) is 0 Å². The third-order valence-corrected chi connectivity index (χ3v) is 11.7. The Hall–Kier alpha value is -8.56. The number of fused-ring (bicyclic) bond motifs is 11. The number of benzene rings is 7. The van der Waals surface area contributed by atoms with E-state index in [9.17, 15) is 0 Å². The van der Waals surface area contributed by atoms with Gasteiger partial charge in [-0.05, 0) is 88.3 Å². The minimum Gasteiger partial charge on any atom is -0.454 e. The van der Waals surface area contributed by atoms with Gasteiger partial charge in [0, 0.05) is 80.4 Å². The van der Waals surface area contributed by atoms with E-state index in [1.807, 2.05) is 12.3 Å². The van der Waals surface area contributed by atoms with E-state index in [-0.39, 0.29) is 0 Å². The summed E-state index contributed by atoms with van der Waals surface area (Å²) in [5, 5.41) is 8.52. The molecule has 61 heavy (non-hydrogen) atoms. The third kappa shape index (κ3) is 5.34. The van der Waals surface area contributed by atoms with Gasteiger partial charge in [0.2, 0.25) is 0 Å². The topological polar surface area (TPSA) is 97.5 Å². The van der Waals surface area contributed by atoms with Crippen molar-refractivity contribution in [2.24, 2.45) is 0 Å². The van der Waals surface area contributed by atoms with Crippen LogP contribution in [0.15, 0.2) is 196 Å². The zero-order valence-corrected chi connectivity index (χ0v) is 32.2. The van der Waals surface area contributed by atoms with Gasteiger partial charge in [0.05, 0.1) is 24.3 Å². The first kappa shape index (κ1) is 33.4. The summed E-state index contributed by atoms with van der Waals surface area (Å²) in [6, 6.07) is 52.7. The lowest BCUT2D eigenvalue weighted by Crippen LogP contribution is -2.10. The van der Waals surface area contributed by atoms with Gasteiger partial charge in [-0.25, -0.2) is 15.0 Å². The maximum atomic E-state index is 6.76. The average Bonchev–Trinajstić information content (AvgIpc) is 3.99. The van der Waals surface area contributed by atoms with E-state index in [1.165, 1.54) is 5.39 Å². The molecule has 6 heterocycles. The van der Waals surface area contributed by atoms with Crippen LogP contribution in [0.2, 0.25) is 0 Å². The smallest absolute Gasteiger partial charge is 0.172 e. The van der Waals surface area contributed by atoms with Crippen LogP contribution in [-0.4, -0.2) is 19.9 Å². The van der Waals surface area contributed by atoms with Crippen molar-refractivity contribution >= 4 is 122 Å². The molecule has 0 atom stereocenters. The Morgan fingerprint density at radius 1 is 0.328 bits per heavy atom. The largest absolute Gasteiger partial charge is 0.454 e. The molecule has 9 nitrogen and oxygen atoms in total. The first-order valence-electron chi connectivity index (χ1n) is 20.0. The Kier molecular flexibility index (Phi) is 7.11. The Morgan fingerprint density at radius 3 is 1.48 bits per heavy atom. The molecule has 7 aromatic carbocycles. The Morgan fingerprint density at radius 2 is 0.803 bits per heavy atom. The maximum absolute atomic E-state index is 6.76. The quantitative estimate of drug-likeness (QED) is 0.163. The molecular formula is C52H30N6O3. The van der Waals surface area contributed by atoms with E-state index >= 15 is 0 Å². The van der Waals surface area contributed by atoms with Crippen molar-refractivity contribution < 1.29 is 13.3 Å². The van der Waals surface area contributed by atoms with Crippen molar-refractivity contribution in [3.8, 4) is 0 Å². The number of furan rings is 3. The number of rotatable bonds is 6. The molecule has 0 radical (unpaired) electrons. The predicted octanol–water partition coefficient (Wildman–Crippen LogP) is 14.2. The van der Waals surface area contributed by atoms with E-state index in [2.05, 4.69) is 170 Å². The number of anilines is 6. The summed E-state index contributed by atoms with van der Waals surface area (Å²) in [5.74, 6) is 0. The maximum Gasteiger partial charge on any atom is 0.172 e. The van der Waals surface area contributed by atoms with E-state index in [0.717, 1.165) is 105 Å². The molecule has 0 aliphatic heterocycles. The SMILES string of the molecule is c1ccc2cc(N(c3ccc4c(c3)oc3cncnc34)c3ccc4c(c3)oc3cc(N(c5ccc6ccccc6c5)c5ccc6c(c5)oc5cnccc56)cnc34)ccc2c1. The van der Waals surface area contributed by atoms with Gasteiger partial charge in [0.15, 0.2) is 16.7 Å². The second kappa shape index (κ2) is 13.0. The van der Waals surface area contributed by atoms with Crippen LogP contribution < -0.4 is 9.80 Å². The van der Waals surface area contributed by atoms with Gasteiger partial charge < -0.3 is 23.1 Å². The highest BCUT2D eigenvalue weighted by Gasteiger charge is 2.21. The van der Waals surface area contributed by atoms with Gasteiger partial charge in [-0.1, -0.05) is 60.7 Å². The fourth-order valence-electron chi connectivity index (χ4n) is 8.81. The molecule has 0 bridgehead atoms. The molecule has 6 aromatic heterocycles. The van der Waals surface area contributed by atoms with Gasteiger partial charge in [0.1, 0.15) is 34.1 Å². The zero-order valence-electron chi connectivity index (χ0n) is 32.2. The number of nitrogens with zero attached hydrogens (tertiary/aromatic N) is 6. The van der Waals surface area contributed by atoms with Crippen LogP contribution in [0, 0.1) is 0 Å². The summed E-state index contributed by atoms with van der Waals surface area (Å²) in [6.07, 6.45) is 8.73. The minimum atomic E-state index is 0.647. The molecule has 13 rings (SSSR count). The van der Waals surface area contributed by atoms with Crippen molar-refractivity contribution in [2.75, 3.05) is 9.80 Å². The molecule has 0 saturated heterocycles. The van der Waals surface area contributed by atoms with Gasteiger partial charge in [-0.2, -0.15) is 0 Å². The summed E-state index contributed by atoms with van der Waals surface area (Å²) in [4.78, 5) is 22.4. The Balaban J connectivity index is 0.961. The van der Waals surface area contributed by atoms with Gasteiger partial charge in [0.25, 0.3) is 0 Å². The molecule has 0 fully saturated rings. The lowest BCUT2D eigenvalue weighted by molar-refractivity contribution is 0.665.